The van der Waals surface area contributed by atoms with E-state index in [0.717, 1.165) is 5.56 Å². The lowest BCUT2D eigenvalue weighted by molar-refractivity contribution is -0.130. The molecule has 0 saturated carbocycles. The van der Waals surface area contributed by atoms with Crippen molar-refractivity contribution in [1.82, 2.24) is 15.1 Å². The third kappa shape index (κ3) is 2.80. The van der Waals surface area contributed by atoms with Gasteiger partial charge in [-0.1, -0.05) is 30.3 Å². The number of nitrogens with two attached hydrogens (primary N) is 1. The Balaban J connectivity index is 1.63. The molecule has 2 saturated heterocycles. The zero-order chi connectivity index (χ0) is 15.7. The van der Waals surface area contributed by atoms with E-state index in [1.807, 2.05) is 30.3 Å². The number of urea groups is 1. The maximum Gasteiger partial charge on any atom is 0.325 e. The highest BCUT2D eigenvalue weighted by Gasteiger charge is 2.36. The van der Waals surface area contributed by atoms with Crippen LogP contribution >= 0.6 is 0 Å². The lowest BCUT2D eigenvalue weighted by Crippen LogP contribution is -2.41. The summed E-state index contributed by atoms with van der Waals surface area (Å²) in [6, 6.07) is 9.22. The number of carbonyl (C=O) groups is 3. The number of hydrogen-bond donors (Lipinski definition) is 2. The first kappa shape index (κ1) is 14.5. The van der Waals surface area contributed by atoms with Crippen molar-refractivity contribution < 1.29 is 14.4 Å². The summed E-state index contributed by atoms with van der Waals surface area (Å²) in [5.41, 5.74) is 7.27. The van der Waals surface area contributed by atoms with Gasteiger partial charge in [0.15, 0.2) is 0 Å². The maximum absolute atomic E-state index is 12.3. The Morgan fingerprint density at radius 1 is 1.23 bits per heavy atom. The van der Waals surface area contributed by atoms with Crippen molar-refractivity contribution in [3.05, 3.63) is 35.9 Å². The maximum atomic E-state index is 12.3. The van der Waals surface area contributed by atoms with E-state index < -0.39 is 6.03 Å². The van der Waals surface area contributed by atoms with Crippen LogP contribution in [0.25, 0.3) is 0 Å². The van der Waals surface area contributed by atoms with E-state index >= 15 is 0 Å². The summed E-state index contributed by atoms with van der Waals surface area (Å²) in [6.07, 6.45) is 0. The van der Waals surface area contributed by atoms with Crippen LogP contribution in [-0.4, -0.2) is 59.9 Å². The first-order valence-corrected chi connectivity index (χ1v) is 7.21. The van der Waals surface area contributed by atoms with Crippen LogP contribution in [0.15, 0.2) is 30.3 Å². The van der Waals surface area contributed by atoms with Gasteiger partial charge in [-0.05, 0) is 5.56 Å². The molecule has 3 rings (SSSR count). The number of nitrogens with one attached hydrogen (secondary N) is 1. The molecule has 2 atom stereocenters. The minimum absolute atomic E-state index is 0.0629. The SMILES string of the molecule is N[C@H]1CN(C(=O)CN2CC(=O)NC2=O)C[C@@H]1c1ccccc1. The van der Waals surface area contributed by atoms with E-state index in [2.05, 4.69) is 5.32 Å². The molecule has 0 aliphatic carbocycles. The highest BCUT2D eigenvalue weighted by molar-refractivity contribution is 6.03. The summed E-state index contributed by atoms with van der Waals surface area (Å²) in [5, 5.41) is 2.16. The highest BCUT2D eigenvalue weighted by atomic mass is 16.2. The van der Waals surface area contributed by atoms with Crippen molar-refractivity contribution in [2.45, 2.75) is 12.0 Å². The van der Waals surface area contributed by atoms with E-state index in [9.17, 15) is 14.4 Å². The predicted octanol–water partition coefficient (Wildman–Crippen LogP) is -0.508. The van der Waals surface area contributed by atoms with Gasteiger partial charge in [0.25, 0.3) is 0 Å². The van der Waals surface area contributed by atoms with Crippen molar-refractivity contribution in [3.63, 3.8) is 0 Å². The van der Waals surface area contributed by atoms with Gasteiger partial charge in [-0.15, -0.1) is 0 Å². The Hall–Kier alpha value is -2.41. The third-order valence-electron chi connectivity index (χ3n) is 4.14. The lowest BCUT2D eigenvalue weighted by Gasteiger charge is -2.20. The molecule has 0 radical (unpaired) electrons. The molecule has 2 fully saturated rings. The van der Waals surface area contributed by atoms with Crippen molar-refractivity contribution >= 4 is 17.8 Å². The molecule has 22 heavy (non-hydrogen) atoms. The Morgan fingerprint density at radius 3 is 2.59 bits per heavy atom. The zero-order valence-electron chi connectivity index (χ0n) is 12.1. The van der Waals surface area contributed by atoms with Gasteiger partial charge in [0.1, 0.15) is 13.1 Å². The van der Waals surface area contributed by atoms with Gasteiger partial charge in [0, 0.05) is 25.0 Å². The van der Waals surface area contributed by atoms with Crippen LogP contribution < -0.4 is 11.1 Å². The highest BCUT2D eigenvalue weighted by Crippen LogP contribution is 2.26. The summed E-state index contributed by atoms with van der Waals surface area (Å²) >= 11 is 0. The van der Waals surface area contributed by atoms with Crippen LogP contribution in [0.1, 0.15) is 11.5 Å². The van der Waals surface area contributed by atoms with E-state index in [0.29, 0.717) is 13.1 Å². The van der Waals surface area contributed by atoms with E-state index in [-0.39, 0.29) is 36.9 Å². The van der Waals surface area contributed by atoms with E-state index in [1.165, 1.54) is 4.90 Å². The predicted molar refractivity (Wildman–Crippen MR) is 78.9 cm³/mol. The average Bonchev–Trinajstić information content (AvgIpc) is 3.03. The van der Waals surface area contributed by atoms with Gasteiger partial charge >= 0.3 is 6.03 Å². The van der Waals surface area contributed by atoms with Gasteiger partial charge in [0.05, 0.1) is 0 Å². The van der Waals surface area contributed by atoms with Crippen molar-refractivity contribution in [3.8, 4) is 0 Å². The normalized spacial score (nSPS) is 24.8. The third-order valence-corrected chi connectivity index (χ3v) is 4.14. The topological polar surface area (TPSA) is 95.7 Å². The number of imide groups is 1. The number of nitrogens with zero attached hydrogens (tertiary/aromatic N) is 2. The molecule has 1 aromatic rings. The fraction of sp³-hybridized carbons (Fsp3) is 0.400. The fourth-order valence-electron chi connectivity index (χ4n) is 2.96. The molecule has 0 unspecified atom stereocenters. The molecule has 1 aromatic carbocycles. The van der Waals surface area contributed by atoms with Gasteiger partial charge in [-0.25, -0.2) is 4.79 Å². The standard InChI is InChI=1S/C15H18N4O3/c16-12-7-18(6-11(12)10-4-2-1-3-5-10)14(21)9-19-8-13(20)17-15(19)22/h1-5,11-12H,6-9,16H2,(H,17,20,22)/t11-,12+/m1/s1. The summed E-state index contributed by atoms with van der Waals surface area (Å²) in [7, 11) is 0. The zero-order valence-corrected chi connectivity index (χ0v) is 12.1. The van der Waals surface area contributed by atoms with Crippen LogP contribution in [0.4, 0.5) is 4.79 Å². The van der Waals surface area contributed by atoms with Crippen molar-refractivity contribution in [2.24, 2.45) is 5.73 Å². The van der Waals surface area contributed by atoms with Crippen LogP contribution in [0.3, 0.4) is 0 Å². The minimum atomic E-state index is -0.513. The van der Waals surface area contributed by atoms with Gasteiger partial charge < -0.3 is 15.5 Å². The van der Waals surface area contributed by atoms with Crippen LogP contribution in [0, 0.1) is 0 Å². The monoisotopic (exact) mass is 302 g/mol. The number of likely N-dealkylation sites (tertiary alicyclic amines) is 1. The quantitative estimate of drug-likeness (QED) is 0.735. The smallest absolute Gasteiger partial charge is 0.325 e. The number of carbonyl (C=O) groups excluding carboxylic acids is 3. The number of benzene rings is 1. The molecular formula is C15H18N4O3. The Kier molecular flexibility index (Phi) is 3.81. The molecule has 0 aromatic heterocycles. The molecule has 116 valence electrons. The van der Waals surface area contributed by atoms with Crippen LogP contribution in [0.5, 0.6) is 0 Å². The molecule has 0 spiro atoms. The molecule has 7 nitrogen and oxygen atoms in total. The van der Waals surface area contributed by atoms with Gasteiger partial charge in [-0.3, -0.25) is 14.9 Å². The average molecular weight is 302 g/mol. The molecule has 7 heteroatoms. The van der Waals surface area contributed by atoms with Gasteiger partial charge in [-0.2, -0.15) is 0 Å². The second kappa shape index (κ2) is 5.76. The molecule has 2 aliphatic heterocycles. The summed E-state index contributed by atoms with van der Waals surface area (Å²) < 4.78 is 0. The largest absolute Gasteiger partial charge is 0.339 e. The molecule has 3 N–H and O–H groups in total. The first-order chi connectivity index (χ1) is 10.5. The number of amides is 4. The second-order valence-corrected chi connectivity index (χ2v) is 5.69. The number of hydrogen-bond acceptors (Lipinski definition) is 4. The Labute approximate surface area is 128 Å². The first-order valence-electron chi connectivity index (χ1n) is 7.21. The number of rotatable bonds is 3. The fourth-order valence-corrected chi connectivity index (χ4v) is 2.96. The second-order valence-electron chi connectivity index (χ2n) is 5.69. The van der Waals surface area contributed by atoms with E-state index in [4.69, 9.17) is 5.73 Å². The molecule has 2 heterocycles. The molecule has 0 bridgehead atoms. The lowest BCUT2D eigenvalue weighted by atomic mass is 9.95. The van der Waals surface area contributed by atoms with Crippen molar-refractivity contribution in [1.29, 1.82) is 0 Å². The summed E-state index contributed by atoms with van der Waals surface area (Å²) in [6.45, 7) is 0.841. The molecule has 4 amide bonds. The summed E-state index contributed by atoms with van der Waals surface area (Å²) in [5.74, 6) is -0.462. The molecule has 2 aliphatic rings. The minimum Gasteiger partial charge on any atom is -0.339 e. The van der Waals surface area contributed by atoms with Gasteiger partial charge in [0.2, 0.25) is 11.8 Å². The summed E-state index contributed by atoms with van der Waals surface area (Å²) in [4.78, 5) is 37.8. The van der Waals surface area contributed by atoms with Crippen LogP contribution in [-0.2, 0) is 9.59 Å². The van der Waals surface area contributed by atoms with E-state index in [1.54, 1.807) is 4.90 Å². The van der Waals surface area contributed by atoms with Crippen LogP contribution in [0.2, 0.25) is 0 Å². The Morgan fingerprint density at radius 2 is 1.95 bits per heavy atom. The Bertz CT molecular complexity index is 604. The van der Waals surface area contributed by atoms with Crippen molar-refractivity contribution in [2.75, 3.05) is 26.2 Å². The molecular weight excluding hydrogens is 284 g/mol.